The molecule has 0 bridgehead atoms. The van der Waals surface area contributed by atoms with Crippen LogP contribution < -0.4 is 10.3 Å². The molecule has 0 fully saturated rings. The lowest BCUT2D eigenvalue weighted by atomic mass is 10.1. The lowest BCUT2D eigenvalue weighted by Crippen LogP contribution is -2.19. The minimum atomic E-state index is -0.0366. The highest BCUT2D eigenvalue weighted by Crippen LogP contribution is 2.08. The Bertz CT molecular complexity index is 584. The van der Waals surface area contributed by atoms with Gasteiger partial charge in [-0.3, -0.25) is 4.79 Å². The molecule has 2 rings (SSSR count). The number of rotatable bonds is 5. The fourth-order valence-corrected chi connectivity index (χ4v) is 1.95. The summed E-state index contributed by atoms with van der Waals surface area (Å²) in [7, 11) is 0. The summed E-state index contributed by atoms with van der Waals surface area (Å²) in [5.41, 5.74) is 2.40. The molecule has 3 heteroatoms. The van der Waals surface area contributed by atoms with Gasteiger partial charge in [-0.25, -0.2) is 0 Å². The van der Waals surface area contributed by atoms with Crippen molar-refractivity contribution in [2.75, 3.05) is 6.61 Å². The second-order valence-electron chi connectivity index (χ2n) is 4.43. The monoisotopic (exact) mass is 257 g/mol. The first-order valence-electron chi connectivity index (χ1n) is 6.64. The van der Waals surface area contributed by atoms with Crippen molar-refractivity contribution < 1.29 is 4.74 Å². The summed E-state index contributed by atoms with van der Waals surface area (Å²) in [5.74, 6) is 0.630. The van der Waals surface area contributed by atoms with Gasteiger partial charge in [0.05, 0.1) is 13.2 Å². The van der Waals surface area contributed by atoms with Crippen molar-refractivity contribution in [3.8, 4) is 5.75 Å². The Kier molecular flexibility index (Phi) is 4.39. The third-order valence-corrected chi connectivity index (χ3v) is 3.06. The van der Waals surface area contributed by atoms with Crippen molar-refractivity contribution in [2.24, 2.45) is 0 Å². The van der Waals surface area contributed by atoms with Crippen LogP contribution in [0.2, 0.25) is 0 Å². The summed E-state index contributed by atoms with van der Waals surface area (Å²) < 4.78 is 6.99. The van der Waals surface area contributed by atoms with Gasteiger partial charge < -0.3 is 9.30 Å². The van der Waals surface area contributed by atoms with Crippen LogP contribution in [0.5, 0.6) is 5.75 Å². The predicted octanol–water partition coefficient (Wildman–Crippen LogP) is 2.86. The van der Waals surface area contributed by atoms with Crippen LogP contribution in [-0.2, 0) is 13.0 Å². The van der Waals surface area contributed by atoms with Crippen LogP contribution in [-0.4, -0.2) is 11.2 Å². The first-order valence-corrected chi connectivity index (χ1v) is 6.64. The van der Waals surface area contributed by atoms with E-state index in [1.165, 1.54) is 11.6 Å². The summed E-state index contributed by atoms with van der Waals surface area (Å²) in [6.07, 6.45) is 2.81. The first-order chi connectivity index (χ1) is 9.22. The third-order valence-electron chi connectivity index (χ3n) is 3.06. The summed E-state index contributed by atoms with van der Waals surface area (Å²) in [6.45, 7) is 5.20. The van der Waals surface area contributed by atoms with E-state index in [1.54, 1.807) is 10.8 Å². The van der Waals surface area contributed by atoms with Gasteiger partial charge in [-0.1, -0.05) is 31.2 Å². The summed E-state index contributed by atoms with van der Waals surface area (Å²) in [5, 5.41) is 0. The van der Waals surface area contributed by atoms with Crippen LogP contribution in [0.1, 0.15) is 25.0 Å². The molecule has 3 nitrogen and oxygen atoms in total. The van der Waals surface area contributed by atoms with E-state index in [2.05, 4.69) is 31.2 Å². The predicted molar refractivity (Wildman–Crippen MR) is 76.8 cm³/mol. The van der Waals surface area contributed by atoms with Crippen LogP contribution in [0.15, 0.2) is 47.4 Å². The molecule has 19 heavy (non-hydrogen) atoms. The zero-order chi connectivity index (χ0) is 13.7. The molecule has 1 heterocycles. The minimum absolute atomic E-state index is 0.0366. The van der Waals surface area contributed by atoms with Gasteiger partial charge in [0.15, 0.2) is 0 Å². The molecule has 0 aliphatic rings. The molecule has 0 spiro atoms. The fraction of sp³-hybridized carbons (Fsp3) is 0.312. The standard InChI is InChI=1S/C16H19NO2/c1-3-13-5-7-14(8-6-13)12-17-10-9-15(19-4-2)11-16(17)18/h5-11H,3-4,12H2,1-2H3. The largest absolute Gasteiger partial charge is 0.494 e. The third kappa shape index (κ3) is 3.47. The van der Waals surface area contributed by atoms with Crippen molar-refractivity contribution in [1.29, 1.82) is 0 Å². The fourth-order valence-electron chi connectivity index (χ4n) is 1.95. The second kappa shape index (κ2) is 6.23. The summed E-state index contributed by atoms with van der Waals surface area (Å²) >= 11 is 0. The number of aromatic nitrogens is 1. The van der Waals surface area contributed by atoms with Crippen molar-refractivity contribution in [1.82, 2.24) is 4.57 Å². The van der Waals surface area contributed by atoms with Gasteiger partial charge in [0.25, 0.3) is 5.56 Å². The Labute approximate surface area is 113 Å². The number of hydrogen-bond donors (Lipinski definition) is 0. The Balaban J connectivity index is 2.16. The average molecular weight is 257 g/mol. The van der Waals surface area contributed by atoms with Crippen LogP contribution in [0.3, 0.4) is 0 Å². The van der Waals surface area contributed by atoms with Crippen molar-refractivity contribution in [3.05, 3.63) is 64.1 Å². The highest BCUT2D eigenvalue weighted by molar-refractivity contribution is 5.24. The second-order valence-corrected chi connectivity index (χ2v) is 4.43. The van der Waals surface area contributed by atoms with Gasteiger partial charge in [-0.05, 0) is 30.5 Å². The molecule has 0 radical (unpaired) electrons. The van der Waals surface area contributed by atoms with Gasteiger partial charge in [-0.2, -0.15) is 0 Å². The van der Waals surface area contributed by atoms with Crippen LogP contribution in [0, 0.1) is 0 Å². The number of ether oxygens (including phenoxy) is 1. The van der Waals surface area contributed by atoms with Crippen molar-refractivity contribution in [3.63, 3.8) is 0 Å². The molecule has 2 aromatic rings. The molecule has 1 aromatic carbocycles. The molecule has 0 saturated carbocycles. The topological polar surface area (TPSA) is 31.2 Å². The molecule has 0 saturated heterocycles. The Hall–Kier alpha value is -2.03. The Morgan fingerprint density at radius 2 is 1.74 bits per heavy atom. The Morgan fingerprint density at radius 1 is 1.05 bits per heavy atom. The van der Waals surface area contributed by atoms with Crippen LogP contribution in [0.25, 0.3) is 0 Å². The van der Waals surface area contributed by atoms with Gasteiger partial charge >= 0.3 is 0 Å². The molecule has 0 amide bonds. The van der Waals surface area contributed by atoms with E-state index in [-0.39, 0.29) is 5.56 Å². The molecule has 100 valence electrons. The SMILES string of the molecule is CCOc1ccn(Cc2ccc(CC)cc2)c(=O)c1. The normalized spacial score (nSPS) is 10.4. The van der Waals surface area contributed by atoms with E-state index in [1.807, 2.05) is 13.0 Å². The van der Waals surface area contributed by atoms with E-state index in [9.17, 15) is 4.79 Å². The molecule has 0 N–H and O–H groups in total. The number of pyridine rings is 1. The number of aryl methyl sites for hydroxylation is 1. The zero-order valence-electron chi connectivity index (χ0n) is 11.4. The molecule has 0 aliphatic heterocycles. The Morgan fingerprint density at radius 3 is 2.32 bits per heavy atom. The van der Waals surface area contributed by atoms with Crippen LogP contribution >= 0.6 is 0 Å². The summed E-state index contributed by atoms with van der Waals surface area (Å²) in [6, 6.07) is 11.7. The van der Waals surface area contributed by atoms with E-state index < -0.39 is 0 Å². The molecular formula is C16H19NO2. The zero-order valence-corrected chi connectivity index (χ0v) is 11.4. The quantitative estimate of drug-likeness (QED) is 0.824. The van der Waals surface area contributed by atoms with Gasteiger partial charge in [0, 0.05) is 12.3 Å². The van der Waals surface area contributed by atoms with E-state index in [0.717, 1.165) is 12.0 Å². The average Bonchev–Trinajstić information content (AvgIpc) is 2.43. The van der Waals surface area contributed by atoms with Crippen molar-refractivity contribution >= 4 is 0 Å². The molecule has 0 atom stereocenters. The number of benzene rings is 1. The van der Waals surface area contributed by atoms with E-state index >= 15 is 0 Å². The lowest BCUT2D eigenvalue weighted by molar-refractivity contribution is 0.338. The molecule has 0 unspecified atom stereocenters. The van der Waals surface area contributed by atoms with Gasteiger partial charge in [0.1, 0.15) is 5.75 Å². The highest BCUT2D eigenvalue weighted by atomic mass is 16.5. The molecule has 0 aliphatic carbocycles. The van der Waals surface area contributed by atoms with Crippen molar-refractivity contribution in [2.45, 2.75) is 26.8 Å². The summed E-state index contributed by atoms with van der Waals surface area (Å²) in [4.78, 5) is 11.9. The maximum atomic E-state index is 11.9. The van der Waals surface area contributed by atoms with Crippen LogP contribution in [0.4, 0.5) is 0 Å². The minimum Gasteiger partial charge on any atom is -0.494 e. The highest BCUT2D eigenvalue weighted by Gasteiger charge is 2.00. The van der Waals surface area contributed by atoms with Gasteiger partial charge in [0.2, 0.25) is 0 Å². The molecule has 1 aromatic heterocycles. The number of nitrogens with zero attached hydrogens (tertiary/aromatic N) is 1. The maximum absolute atomic E-state index is 11.9. The molecular weight excluding hydrogens is 238 g/mol. The lowest BCUT2D eigenvalue weighted by Gasteiger charge is -2.08. The maximum Gasteiger partial charge on any atom is 0.254 e. The van der Waals surface area contributed by atoms with E-state index in [0.29, 0.717) is 18.9 Å². The smallest absolute Gasteiger partial charge is 0.254 e. The van der Waals surface area contributed by atoms with E-state index in [4.69, 9.17) is 4.74 Å². The van der Waals surface area contributed by atoms with Gasteiger partial charge in [-0.15, -0.1) is 0 Å². The first kappa shape index (κ1) is 13.4. The number of hydrogen-bond acceptors (Lipinski definition) is 2.